The van der Waals surface area contributed by atoms with Crippen molar-refractivity contribution in [2.24, 2.45) is 5.73 Å². The lowest BCUT2D eigenvalue weighted by molar-refractivity contribution is 0.0988. The normalized spacial score (nSPS) is 18.9. The fraction of sp³-hybridized carbons (Fsp3) is 0.292. The molecule has 2 aromatic heterocycles. The summed E-state index contributed by atoms with van der Waals surface area (Å²) < 4.78 is 14.2. The number of phenols is 1. The van der Waals surface area contributed by atoms with Crippen LogP contribution in [0, 0.1) is 5.82 Å². The van der Waals surface area contributed by atoms with Crippen molar-refractivity contribution >= 4 is 5.78 Å². The molecule has 3 N–H and O–H groups in total. The van der Waals surface area contributed by atoms with Gasteiger partial charge in [-0.2, -0.15) is 0 Å². The Labute approximate surface area is 174 Å². The molecule has 0 saturated heterocycles. The summed E-state index contributed by atoms with van der Waals surface area (Å²) in [5.41, 5.74) is 9.05. The van der Waals surface area contributed by atoms with Crippen molar-refractivity contribution in [3.8, 4) is 17.0 Å². The van der Waals surface area contributed by atoms with Gasteiger partial charge in [0.25, 0.3) is 0 Å². The number of phenolic OH excluding ortho intramolecular Hbond substituents is 1. The molecule has 2 heterocycles. The number of aromatic nitrogens is 2. The van der Waals surface area contributed by atoms with Crippen LogP contribution in [0.5, 0.6) is 5.75 Å². The first kappa shape index (κ1) is 20.2. The van der Waals surface area contributed by atoms with Gasteiger partial charge in [0.05, 0.1) is 5.69 Å². The van der Waals surface area contributed by atoms with Gasteiger partial charge in [0.2, 0.25) is 0 Å². The smallest absolute Gasteiger partial charge is 0.185 e. The number of nitrogens with two attached hydrogens (primary N) is 1. The number of benzene rings is 1. The monoisotopic (exact) mass is 405 g/mol. The number of rotatable bonds is 5. The average Bonchev–Trinajstić information content (AvgIpc) is 2.74. The van der Waals surface area contributed by atoms with Crippen molar-refractivity contribution in [1.29, 1.82) is 0 Å². The Hall–Kier alpha value is -3.12. The molecule has 4 rings (SSSR count). The highest BCUT2D eigenvalue weighted by atomic mass is 19.1. The fourth-order valence-electron chi connectivity index (χ4n) is 4.21. The van der Waals surface area contributed by atoms with Gasteiger partial charge < -0.3 is 10.8 Å². The van der Waals surface area contributed by atoms with Gasteiger partial charge in [-0.1, -0.05) is 12.5 Å². The van der Waals surface area contributed by atoms with Crippen LogP contribution < -0.4 is 5.73 Å². The van der Waals surface area contributed by atoms with Gasteiger partial charge in [-0.15, -0.1) is 0 Å². The van der Waals surface area contributed by atoms with Crippen LogP contribution in [0.4, 0.5) is 4.39 Å². The molecule has 1 saturated carbocycles. The van der Waals surface area contributed by atoms with Crippen LogP contribution in [-0.2, 0) is 6.42 Å². The third kappa shape index (κ3) is 4.39. The van der Waals surface area contributed by atoms with Crippen molar-refractivity contribution in [2.75, 3.05) is 0 Å². The molecule has 154 valence electrons. The summed E-state index contributed by atoms with van der Waals surface area (Å²) in [5, 5.41) is 9.41. The molecule has 2 atom stereocenters. The Morgan fingerprint density at radius 2 is 2.07 bits per heavy atom. The van der Waals surface area contributed by atoms with Crippen LogP contribution in [0.3, 0.4) is 0 Å². The molecule has 5 nitrogen and oxygen atoms in total. The van der Waals surface area contributed by atoms with Gasteiger partial charge in [0.1, 0.15) is 17.3 Å². The van der Waals surface area contributed by atoms with Crippen LogP contribution in [-0.4, -0.2) is 26.9 Å². The molecule has 1 aliphatic rings. The van der Waals surface area contributed by atoms with E-state index < -0.39 is 5.82 Å². The first-order valence-corrected chi connectivity index (χ1v) is 10.2. The SMILES string of the molecule is N[C@H]1CCC[C@@H](c2ccncc2CC(=O)c2cccc(-c3ccc(O)cc3F)n2)C1. The zero-order valence-electron chi connectivity index (χ0n) is 16.6. The maximum Gasteiger partial charge on any atom is 0.185 e. The predicted molar refractivity (Wildman–Crippen MR) is 113 cm³/mol. The number of hydrogen-bond donors (Lipinski definition) is 2. The predicted octanol–water partition coefficient (Wildman–Crippen LogP) is 4.40. The summed E-state index contributed by atoms with van der Waals surface area (Å²) >= 11 is 0. The molecule has 6 heteroatoms. The minimum atomic E-state index is -0.588. The second kappa shape index (κ2) is 8.71. The molecule has 1 aromatic carbocycles. The van der Waals surface area contributed by atoms with E-state index in [1.165, 1.54) is 12.1 Å². The number of aromatic hydroxyl groups is 1. The van der Waals surface area contributed by atoms with Gasteiger partial charge in [-0.25, -0.2) is 9.37 Å². The molecule has 0 amide bonds. The summed E-state index contributed by atoms with van der Waals surface area (Å²) in [4.78, 5) is 21.6. The van der Waals surface area contributed by atoms with Crippen molar-refractivity contribution in [1.82, 2.24) is 9.97 Å². The number of carbonyl (C=O) groups excluding carboxylic acids is 1. The van der Waals surface area contributed by atoms with E-state index in [2.05, 4.69) is 9.97 Å². The topological polar surface area (TPSA) is 89.1 Å². The Bertz CT molecular complexity index is 1070. The number of pyridine rings is 2. The number of ketones is 1. The van der Waals surface area contributed by atoms with Crippen LogP contribution in [0.2, 0.25) is 0 Å². The number of carbonyl (C=O) groups is 1. The molecular formula is C24H24FN3O2. The molecule has 1 fully saturated rings. The zero-order chi connectivity index (χ0) is 21.1. The van der Waals surface area contributed by atoms with E-state index in [-0.39, 0.29) is 35.3 Å². The highest BCUT2D eigenvalue weighted by Crippen LogP contribution is 2.34. The number of nitrogens with zero attached hydrogens (tertiary/aromatic N) is 2. The maximum absolute atomic E-state index is 14.2. The quantitative estimate of drug-likeness (QED) is 0.614. The highest BCUT2D eigenvalue weighted by Gasteiger charge is 2.24. The molecule has 0 spiro atoms. The van der Waals surface area contributed by atoms with Gasteiger partial charge in [-0.3, -0.25) is 9.78 Å². The minimum Gasteiger partial charge on any atom is -0.508 e. The second-order valence-electron chi connectivity index (χ2n) is 7.87. The Morgan fingerprint density at radius 1 is 1.20 bits per heavy atom. The largest absolute Gasteiger partial charge is 0.508 e. The van der Waals surface area contributed by atoms with Crippen molar-refractivity contribution in [3.05, 3.63) is 77.5 Å². The summed E-state index contributed by atoms with van der Waals surface area (Å²) in [7, 11) is 0. The number of halogens is 1. The van der Waals surface area contributed by atoms with E-state index in [1.807, 2.05) is 6.07 Å². The minimum absolute atomic E-state index is 0.148. The Morgan fingerprint density at radius 3 is 2.87 bits per heavy atom. The van der Waals surface area contributed by atoms with Crippen LogP contribution in [0.25, 0.3) is 11.3 Å². The molecule has 0 aliphatic heterocycles. The lowest BCUT2D eigenvalue weighted by Gasteiger charge is -2.28. The summed E-state index contributed by atoms with van der Waals surface area (Å²) in [5.74, 6) is -0.555. The van der Waals surface area contributed by atoms with E-state index >= 15 is 0 Å². The van der Waals surface area contributed by atoms with Crippen LogP contribution in [0.1, 0.15) is 53.2 Å². The highest BCUT2D eigenvalue weighted by molar-refractivity contribution is 5.96. The summed E-state index contributed by atoms with van der Waals surface area (Å²) in [6, 6.07) is 11.0. The molecule has 30 heavy (non-hydrogen) atoms. The molecule has 0 radical (unpaired) electrons. The molecule has 0 bridgehead atoms. The lowest BCUT2D eigenvalue weighted by Crippen LogP contribution is -2.27. The Kier molecular flexibility index (Phi) is 5.86. The van der Waals surface area contributed by atoms with Gasteiger partial charge in [0.15, 0.2) is 5.78 Å². The van der Waals surface area contributed by atoms with Crippen molar-refractivity contribution < 1.29 is 14.3 Å². The third-order valence-corrected chi connectivity index (χ3v) is 5.71. The van der Waals surface area contributed by atoms with E-state index in [4.69, 9.17) is 5.73 Å². The van der Waals surface area contributed by atoms with Gasteiger partial charge in [-0.05, 0) is 66.6 Å². The first-order valence-electron chi connectivity index (χ1n) is 10.2. The zero-order valence-corrected chi connectivity index (χ0v) is 16.6. The second-order valence-corrected chi connectivity index (χ2v) is 7.87. The molecule has 3 aromatic rings. The van der Waals surface area contributed by atoms with E-state index in [0.717, 1.165) is 42.9 Å². The summed E-state index contributed by atoms with van der Waals surface area (Å²) in [6.07, 6.45) is 7.80. The lowest BCUT2D eigenvalue weighted by atomic mass is 9.80. The number of hydrogen-bond acceptors (Lipinski definition) is 5. The first-order chi connectivity index (χ1) is 14.5. The average molecular weight is 405 g/mol. The number of Topliss-reactive ketones (excluding diaryl/α,β-unsaturated/α-hetero) is 1. The van der Waals surface area contributed by atoms with Crippen molar-refractivity contribution in [3.63, 3.8) is 0 Å². The van der Waals surface area contributed by atoms with Gasteiger partial charge >= 0.3 is 0 Å². The maximum atomic E-state index is 14.2. The van der Waals surface area contributed by atoms with Crippen LogP contribution in [0.15, 0.2) is 54.9 Å². The molecule has 1 aliphatic carbocycles. The van der Waals surface area contributed by atoms with Crippen molar-refractivity contribution in [2.45, 2.75) is 44.1 Å². The standard InChI is InChI=1S/C24H24FN3O2/c25-21-13-18(29)7-8-20(21)22-5-2-6-23(28-22)24(30)12-16-14-27-10-9-19(16)15-3-1-4-17(26)11-15/h2,5-10,13-15,17,29H,1,3-4,11-12,26H2/t15-,17+/m1/s1. The Balaban J connectivity index is 1.58. The molecular weight excluding hydrogens is 381 g/mol. The third-order valence-electron chi connectivity index (χ3n) is 5.71. The van der Waals surface area contributed by atoms with E-state index in [1.54, 1.807) is 30.6 Å². The fourth-order valence-corrected chi connectivity index (χ4v) is 4.21. The van der Waals surface area contributed by atoms with Gasteiger partial charge in [0, 0.05) is 36.5 Å². The van der Waals surface area contributed by atoms with E-state index in [0.29, 0.717) is 11.6 Å². The molecule has 0 unspecified atom stereocenters. The van der Waals surface area contributed by atoms with E-state index in [9.17, 15) is 14.3 Å². The van der Waals surface area contributed by atoms with Crippen LogP contribution >= 0.6 is 0 Å². The summed E-state index contributed by atoms with van der Waals surface area (Å²) in [6.45, 7) is 0.